The Kier molecular flexibility index (Phi) is 3.94. The zero-order valence-corrected chi connectivity index (χ0v) is 17.7. The maximum absolute atomic E-state index is 6.42. The second-order valence-corrected chi connectivity index (χ2v) is 8.42. The molecule has 2 aliphatic heterocycles. The molecule has 4 aromatic carbocycles. The van der Waals surface area contributed by atoms with Gasteiger partial charge in [0.15, 0.2) is 0 Å². The topological polar surface area (TPSA) is 31.4 Å². The van der Waals surface area contributed by atoms with Crippen LogP contribution in [-0.2, 0) is 0 Å². The highest BCUT2D eigenvalue weighted by Gasteiger charge is 2.40. The molecule has 0 aliphatic carbocycles. The van der Waals surface area contributed by atoms with Crippen molar-refractivity contribution in [3.05, 3.63) is 109 Å². The maximum Gasteiger partial charge on any atom is 0.260 e. The Morgan fingerprint density at radius 1 is 0.515 bits per heavy atom. The average Bonchev–Trinajstić information content (AvgIpc) is 2.89. The minimum absolute atomic E-state index is 0.0512. The lowest BCUT2D eigenvalue weighted by Gasteiger charge is -2.33. The molecule has 0 fully saturated rings. The van der Waals surface area contributed by atoms with E-state index in [1.165, 1.54) is 11.1 Å². The Bertz CT molecular complexity index is 1520. The molecule has 0 saturated heterocycles. The van der Waals surface area contributed by atoms with Crippen molar-refractivity contribution in [1.82, 2.24) is 4.98 Å². The molecule has 2 aliphatic rings. The summed E-state index contributed by atoms with van der Waals surface area (Å²) in [6, 6.07) is 33.5. The van der Waals surface area contributed by atoms with E-state index in [4.69, 9.17) is 9.47 Å². The summed E-state index contributed by atoms with van der Waals surface area (Å²) in [4.78, 5) is 4.27. The van der Waals surface area contributed by atoms with Crippen LogP contribution in [0.3, 0.4) is 0 Å². The van der Waals surface area contributed by atoms with Gasteiger partial charge in [-0.2, -0.15) is 0 Å². The van der Waals surface area contributed by atoms with Crippen LogP contribution in [0.15, 0.2) is 109 Å². The summed E-state index contributed by atoms with van der Waals surface area (Å²) in [5.74, 6) is 3.49. The van der Waals surface area contributed by atoms with Gasteiger partial charge in [-0.05, 0) is 57.9 Å². The summed E-state index contributed by atoms with van der Waals surface area (Å²) in [7, 11) is 0. The molecule has 3 heterocycles. The largest absolute Gasteiger partial charge is 0.458 e. The summed E-state index contributed by atoms with van der Waals surface area (Å²) in [5.41, 5.74) is 7.94. The van der Waals surface area contributed by atoms with E-state index in [0.717, 1.165) is 50.5 Å². The van der Waals surface area contributed by atoms with Gasteiger partial charge in [0.2, 0.25) is 0 Å². The van der Waals surface area contributed by atoms with Gasteiger partial charge in [-0.3, -0.25) is 4.98 Å². The Balaban J connectivity index is 1.43. The van der Waals surface area contributed by atoms with Crippen LogP contribution in [0.4, 0.5) is 0 Å². The first kappa shape index (κ1) is 18.3. The van der Waals surface area contributed by atoms with Crippen molar-refractivity contribution in [2.75, 3.05) is 0 Å². The zero-order valence-electron chi connectivity index (χ0n) is 17.7. The van der Waals surface area contributed by atoms with Gasteiger partial charge < -0.3 is 9.47 Å². The molecule has 1 aromatic heterocycles. The van der Waals surface area contributed by atoms with Gasteiger partial charge in [-0.15, -0.1) is 0 Å². The predicted octanol–water partition coefficient (Wildman–Crippen LogP) is 5.14. The second-order valence-electron chi connectivity index (χ2n) is 8.42. The molecule has 0 amide bonds. The van der Waals surface area contributed by atoms with Crippen LogP contribution in [0.2, 0.25) is 0 Å². The normalized spacial score (nSPS) is 12.7. The molecular formula is C29H18BNO2. The molecule has 3 nitrogen and oxygen atoms in total. The SMILES string of the molecule is c1ccc(-c2ccc3c(c2)B2c4ccc(-c5cccnc5)cc4Oc4cccc(c42)O3)cc1. The molecule has 0 saturated carbocycles. The van der Waals surface area contributed by atoms with Crippen LogP contribution in [-0.4, -0.2) is 11.7 Å². The third-order valence-electron chi connectivity index (χ3n) is 6.50. The summed E-state index contributed by atoms with van der Waals surface area (Å²) < 4.78 is 12.8. The molecule has 5 aromatic rings. The van der Waals surface area contributed by atoms with Crippen LogP contribution in [0, 0.1) is 0 Å². The molecule has 154 valence electrons. The van der Waals surface area contributed by atoms with Crippen molar-refractivity contribution >= 4 is 23.1 Å². The highest BCUT2D eigenvalue weighted by atomic mass is 16.5. The van der Waals surface area contributed by atoms with Crippen molar-refractivity contribution in [1.29, 1.82) is 0 Å². The Hall–Kier alpha value is -4.31. The molecule has 0 unspecified atom stereocenters. The van der Waals surface area contributed by atoms with E-state index in [1.807, 2.05) is 36.5 Å². The molecule has 33 heavy (non-hydrogen) atoms. The van der Waals surface area contributed by atoms with E-state index in [-0.39, 0.29) is 6.71 Å². The molecule has 0 bridgehead atoms. The van der Waals surface area contributed by atoms with Crippen molar-refractivity contribution in [3.63, 3.8) is 0 Å². The van der Waals surface area contributed by atoms with Gasteiger partial charge in [0, 0.05) is 23.4 Å². The van der Waals surface area contributed by atoms with E-state index >= 15 is 0 Å². The van der Waals surface area contributed by atoms with Crippen molar-refractivity contribution in [2.45, 2.75) is 0 Å². The molecule has 4 heteroatoms. The number of ether oxygens (including phenoxy) is 2. The van der Waals surface area contributed by atoms with E-state index < -0.39 is 0 Å². The van der Waals surface area contributed by atoms with E-state index in [9.17, 15) is 0 Å². The lowest BCUT2D eigenvalue weighted by Crippen LogP contribution is -2.57. The quantitative estimate of drug-likeness (QED) is 0.361. The summed E-state index contributed by atoms with van der Waals surface area (Å²) in [5, 5.41) is 0. The molecular weight excluding hydrogens is 405 g/mol. The van der Waals surface area contributed by atoms with Crippen LogP contribution < -0.4 is 25.9 Å². The highest BCUT2D eigenvalue weighted by molar-refractivity contribution is 6.98. The average molecular weight is 423 g/mol. The molecule has 0 radical (unpaired) electrons. The fourth-order valence-corrected chi connectivity index (χ4v) is 4.95. The fourth-order valence-electron chi connectivity index (χ4n) is 4.95. The standard InChI is InChI=1S/C29H18BNO2/c1-2-6-19(7-3-1)20-12-14-25-24(16-20)30-23-13-11-21(22-8-5-15-31-18-22)17-28(23)33-27-10-4-9-26(32-25)29(27)30/h1-18H. The Morgan fingerprint density at radius 2 is 1.27 bits per heavy atom. The molecule has 0 atom stereocenters. The first-order chi connectivity index (χ1) is 16.3. The second kappa shape index (κ2) is 7.11. The zero-order chi connectivity index (χ0) is 21.8. The smallest absolute Gasteiger partial charge is 0.260 e. The van der Waals surface area contributed by atoms with E-state index in [2.05, 4.69) is 71.7 Å². The Morgan fingerprint density at radius 3 is 2.09 bits per heavy atom. The van der Waals surface area contributed by atoms with Crippen LogP contribution >= 0.6 is 0 Å². The number of aromatic nitrogens is 1. The van der Waals surface area contributed by atoms with Gasteiger partial charge in [-0.1, -0.05) is 66.7 Å². The van der Waals surface area contributed by atoms with Crippen LogP contribution in [0.5, 0.6) is 23.0 Å². The predicted molar refractivity (Wildman–Crippen MR) is 133 cm³/mol. The van der Waals surface area contributed by atoms with Gasteiger partial charge in [0.05, 0.1) is 0 Å². The first-order valence-electron chi connectivity index (χ1n) is 11.1. The lowest BCUT2D eigenvalue weighted by atomic mass is 9.34. The number of fused-ring (bicyclic) bond motifs is 4. The summed E-state index contributed by atoms with van der Waals surface area (Å²) >= 11 is 0. The summed E-state index contributed by atoms with van der Waals surface area (Å²) in [6.07, 6.45) is 3.67. The summed E-state index contributed by atoms with van der Waals surface area (Å²) in [6.45, 7) is 0.0512. The van der Waals surface area contributed by atoms with Gasteiger partial charge in [-0.25, -0.2) is 0 Å². The number of nitrogens with zero attached hydrogens (tertiary/aromatic N) is 1. The highest BCUT2D eigenvalue weighted by Crippen LogP contribution is 2.36. The van der Waals surface area contributed by atoms with Gasteiger partial charge >= 0.3 is 0 Å². The number of pyridine rings is 1. The third kappa shape index (κ3) is 2.88. The first-order valence-corrected chi connectivity index (χ1v) is 11.1. The number of rotatable bonds is 2. The van der Waals surface area contributed by atoms with Gasteiger partial charge in [0.1, 0.15) is 23.0 Å². The number of benzene rings is 4. The van der Waals surface area contributed by atoms with E-state index in [0.29, 0.717) is 0 Å². The molecule has 0 spiro atoms. The van der Waals surface area contributed by atoms with Crippen molar-refractivity contribution in [2.24, 2.45) is 0 Å². The van der Waals surface area contributed by atoms with E-state index in [1.54, 1.807) is 6.20 Å². The van der Waals surface area contributed by atoms with Crippen molar-refractivity contribution in [3.8, 4) is 45.3 Å². The fraction of sp³-hybridized carbons (Fsp3) is 0. The molecule has 0 N–H and O–H groups in total. The third-order valence-corrected chi connectivity index (χ3v) is 6.50. The number of hydrogen-bond acceptors (Lipinski definition) is 3. The lowest BCUT2D eigenvalue weighted by molar-refractivity contribution is 0.464. The minimum atomic E-state index is 0.0512. The molecule has 7 rings (SSSR count). The van der Waals surface area contributed by atoms with Crippen LogP contribution in [0.25, 0.3) is 22.3 Å². The Labute approximate surface area is 192 Å². The van der Waals surface area contributed by atoms with Crippen LogP contribution in [0.1, 0.15) is 0 Å². The monoisotopic (exact) mass is 423 g/mol. The van der Waals surface area contributed by atoms with Crippen molar-refractivity contribution < 1.29 is 9.47 Å². The number of hydrogen-bond donors (Lipinski definition) is 0. The minimum Gasteiger partial charge on any atom is -0.458 e. The van der Waals surface area contributed by atoms with Gasteiger partial charge in [0.25, 0.3) is 6.71 Å². The maximum atomic E-state index is 6.42.